The second-order valence-corrected chi connectivity index (χ2v) is 10.2. The van der Waals surface area contributed by atoms with Crippen molar-refractivity contribution in [3.05, 3.63) is 108 Å². The summed E-state index contributed by atoms with van der Waals surface area (Å²) in [5.41, 5.74) is 6.52. The molecule has 0 saturated carbocycles. The van der Waals surface area contributed by atoms with Crippen LogP contribution >= 0.6 is 0 Å². The second kappa shape index (κ2) is 12.8. The van der Waals surface area contributed by atoms with Crippen LogP contribution in [0.1, 0.15) is 37.4 Å². The van der Waals surface area contributed by atoms with Crippen LogP contribution in [0.4, 0.5) is 0 Å². The van der Waals surface area contributed by atoms with Gasteiger partial charge >= 0.3 is 0 Å². The maximum atomic E-state index is 12.0. The van der Waals surface area contributed by atoms with Crippen LogP contribution in [0.5, 0.6) is 23.3 Å². The number of fused-ring (bicyclic) bond motifs is 2. The van der Waals surface area contributed by atoms with Gasteiger partial charge in [-0.15, -0.1) is 0 Å². The van der Waals surface area contributed by atoms with Crippen LogP contribution in [0, 0.1) is 0 Å². The number of rotatable bonds is 13. The van der Waals surface area contributed by atoms with E-state index in [9.17, 15) is 9.59 Å². The smallest absolute Gasteiger partial charge is 0.214 e. The van der Waals surface area contributed by atoms with Gasteiger partial charge in [0.25, 0.3) is 0 Å². The van der Waals surface area contributed by atoms with E-state index in [0.29, 0.717) is 52.2 Å². The molecule has 0 bridgehead atoms. The van der Waals surface area contributed by atoms with E-state index >= 15 is 0 Å². The minimum Gasteiger partial charge on any atom is -0.486 e. The Kier molecular flexibility index (Phi) is 7.95. The lowest BCUT2D eigenvalue weighted by Gasteiger charge is -2.12. The number of aromatic amines is 1. The molecule has 6 aromatic heterocycles. The van der Waals surface area contributed by atoms with Crippen LogP contribution in [0.15, 0.2) is 84.5 Å². The van der Waals surface area contributed by atoms with Gasteiger partial charge in [0.1, 0.15) is 42.5 Å². The van der Waals surface area contributed by atoms with E-state index in [1.165, 1.54) is 38.0 Å². The fourth-order valence-electron chi connectivity index (χ4n) is 5.02. The Bertz CT molecular complexity index is 2210. The Morgan fingerprint density at radius 1 is 0.809 bits per heavy atom. The highest BCUT2D eigenvalue weighted by molar-refractivity contribution is 5.81. The molecule has 6 heterocycles. The summed E-state index contributed by atoms with van der Waals surface area (Å²) in [6.07, 6.45) is 14.6. The largest absolute Gasteiger partial charge is 0.486 e. The number of methoxy groups -OCH3 is 1. The third-order valence-corrected chi connectivity index (χ3v) is 7.39. The number of ether oxygens (including phenoxy) is 4. The van der Waals surface area contributed by atoms with Crippen LogP contribution in [0.3, 0.4) is 0 Å². The Labute approximate surface area is 265 Å². The van der Waals surface area contributed by atoms with Crippen molar-refractivity contribution in [3.8, 4) is 34.4 Å². The molecule has 0 atom stereocenters. The van der Waals surface area contributed by atoms with Gasteiger partial charge in [-0.25, -0.2) is 19.9 Å². The van der Waals surface area contributed by atoms with Crippen molar-refractivity contribution in [2.75, 3.05) is 7.11 Å². The molecule has 0 spiro atoms. The van der Waals surface area contributed by atoms with E-state index in [0.717, 1.165) is 27.9 Å². The quantitative estimate of drug-likeness (QED) is 0.169. The van der Waals surface area contributed by atoms with Gasteiger partial charge in [0.2, 0.25) is 11.8 Å². The number of aromatic nitrogens is 7. The average Bonchev–Trinajstić information content (AvgIpc) is 3.92. The van der Waals surface area contributed by atoms with Crippen LogP contribution in [-0.2, 0) is 19.8 Å². The van der Waals surface area contributed by atoms with Gasteiger partial charge in [0.15, 0.2) is 24.5 Å². The standard InChI is InChI=1S/C33H25N7O7/c1-43-29-7-23(14-41)27(11-35-29)44-16-20-2-3-21(32-31(20)37-19-47-32)17-46-30-8-24(15-42)28(12-36-30)45-18-25-6-22(26-9-38-39-10-26)13-40-5-4-34-33(25)40/h2-15,19H,16-18H2,1H3,(H,38,39). The number of hydrogen-bond acceptors (Lipinski definition) is 12. The zero-order valence-electron chi connectivity index (χ0n) is 24.8. The van der Waals surface area contributed by atoms with Crippen molar-refractivity contribution in [3.63, 3.8) is 0 Å². The lowest BCUT2D eigenvalue weighted by atomic mass is 10.1. The molecular weight excluding hydrogens is 606 g/mol. The van der Waals surface area contributed by atoms with Crippen molar-refractivity contribution in [2.24, 2.45) is 0 Å². The van der Waals surface area contributed by atoms with Gasteiger partial charge in [0.05, 0.1) is 36.8 Å². The first kappa shape index (κ1) is 29.2. The third kappa shape index (κ3) is 5.94. The number of carbonyl (C=O) groups excluding carboxylic acids is 2. The van der Waals surface area contributed by atoms with Crippen molar-refractivity contribution >= 4 is 29.3 Å². The molecule has 7 aromatic rings. The van der Waals surface area contributed by atoms with Crippen molar-refractivity contribution in [2.45, 2.75) is 19.8 Å². The summed E-state index contributed by atoms with van der Waals surface area (Å²) in [6.45, 7) is 0.360. The summed E-state index contributed by atoms with van der Waals surface area (Å²) in [5, 5.41) is 6.85. The number of aldehydes is 2. The molecule has 0 radical (unpaired) electrons. The van der Waals surface area contributed by atoms with E-state index in [1.54, 1.807) is 18.6 Å². The predicted octanol–water partition coefficient (Wildman–Crippen LogP) is 5.03. The molecule has 47 heavy (non-hydrogen) atoms. The van der Waals surface area contributed by atoms with E-state index in [2.05, 4.69) is 30.1 Å². The van der Waals surface area contributed by atoms with Crippen LogP contribution < -0.4 is 18.9 Å². The molecule has 0 aliphatic rings. The molecule has 0 aliphatic carbocycles. The summed E-state index contributed by atoms with van der Waals surface area (Å²) in [7, 11) is 1.47. The fraction of sp³-hybridized carbons (Fsp3) is 0.121. The van der Waals surface area contributed by atoms with E-state index in [4.69, 9.17) is 23.4 Å². The second-order valence-electron chi connectivity index (χ2n) is 10.2. The summed E-state index contributed by atoms with van der Waals surface area (Å²) in [6, 6.07) is 8.64. The number of nitrogens with zero attached hydrogens (tertiary/aromatic N) is 6. The number of benzene rings is 1. The van der Waals surface area contributed by atoms with Crippen LogP contribution in [0.2, 0.25) is 0 Å². The van der Waals surface area contributed by atoms with Gasteiger partial charge in [-0.05, 0) is 6.07 Å². The summed E-state index contributed by atoms with van der Waals surface area (Å²) >= 11 is 0. The van der Waals surface area contributed by atoms with Crippen LogP contribution in [0.25, 0.3) is 27.9 Å². The third-order valence-electron chi connectivity index (χ3n) is 7.39. The fourth-order valence-corrected chi connectivity index (χ4v) is 5.02. The van der Waals surface area contributed by atoms with Gasteiger partial charge in [-0.2, -0.15) is 5.10 Å². The van der Waals surface area contributed by atoms with Gasteiger partial charge in [-0.3, -0.25) is 14.7 Å². The first-order chi connectivity index (χ1) is 23.1. The highest BCUT2D eigenvalue weighted by atomic mass is 16.5. The number of H-pyrrole nitrogens is 1. The summed E-state index contributed by atoms with van der Waals surface area (Å²) in [4.78, 5) is 40.7. The Balaban J connectivity index is 1.03. The SMILES string of the molecule is COc1cc(C=O)c(OCc2ccc(COc3cc(C=O)c(OCc4cc(-c5cn[nH]c5)cn5ccnc45)cn3)c3ocnc23)cn1. The topological polar surface area (TPSA) is 169 Å². The lowest BCUT2D eigenvalue weighted by molar-refractivity contribution is 0.111. The first-order valence-electron chi connectivity index (χ1n) is 14.2. The predicted molar refractivity (Wildman–Crippen MR) is 166 cm³/mol. The Morgan fingerprint density at radius 3 is 2.28 bits per heavy atom. The first-order valence-corrected chi connectivity index (χ1v) is 14.2. The normalized spacial score (nSPS) is 11.1. The zero-order chi connectivity index (χ0) is 32.2. The monoisotopic (exact) mass is 631 g/mol. The lowest BCUT2D eigenvalue weighted by Crippen LogP contribution is -2.04. The van der Waals surface area contributed by atoms with Crippen LogP contribution in [-0.4, -0.2) is 54.2 Å². The number of nitrogens with one attached hydrogen (secondary N) is 1. The maximum Gasteiger partial charge on any atom is 0.214 e. The zero-order valence-corrected chi connectivity index (χ0v) is 24.8. The highest BCUT2D eigenvalue weighted by Crippen LogP contribution is 2.28. The minimum absolute atomic E-state index is 0.0920. The maximum absolute atomic E-state index is 12.0. The number of imidazole rings is 1. The summed E-state index contributed by atoms with van der Waals surface area (Å²) in [5.74, 6) is 1.15. The molecule has 234 valence electrons. The van der Waals surface area contributed by atoms with E-state index in [1.807, 2.05) is 35.0 Å². The highest BCUT2D eigenvalue weighted by Gasteiger charge is 2.16. The molecule has 0 aliphatic heterocycles. The molecule has 0 amide bonds. The van der Waals surface area contributed by atoms with Gasteiger partial charge in [0, 0.05) is 64.7 Å². The Hall–Kier alpha value is -6.57. The van der Waals surface area contributed by atoms with Crippen molar-refractivity contribution < 1.29 is 33.0 Å². The number of oxazole rings is 1. The van der Waals surface area contributed by atoms with Gasteiger partial charge in [-0.1, -0.05) is 12.1 Å². The molecule has 0 fully saturated rings. The number of carbonyl (C=O) groups is 2. The minimum atomic E-state index is 0.0920. The summed E-state index contributed by atoms with van der Waals surface area (Å²) < 4.78 is 30.5. The number of hydrogen-bond donors (Lipinski definition) is 1. The van der Waals surface area contributed by atoms with E-state index in [-0.39, 0.29) is 31.3 Å². The van der Waals surface area contributed by atoms with Gasteiger partial charge < -0.3 is 27.8 Å². The molecule has 0 unspecified atom stereocenters. The van der Waals surface area contributed by atoms with E-state index < -0.39 is 0 Å². The number of pyridine rings is 3. The average molecular weight is 632 g/mol. The Morgan fingerprint density at radius 2 is 1.53 bits per heavy atom. The molecule has 14 nitrogen and oxygen atoms in total. The molecule has 1 N–H and O–H groups in total. The van der Waals surface area contributed by atoms with Crippen molar-refractivity contribution in [1.29, 1.82) is 0 Å². The molecule has 7 rings (SSSR count). The molecule has 0 saturated heterocycles. The molecule has 1 aromatic carbocycles. The molecule has 14 heteroatoms. The molecular formula is C33H25N7O7. The van der Waals surface area contributed by atoms with Crippen molar-refractivity contribution in [1.82, 2.24) is 34.5 Å².